The maximum atomic E-state index is 9.81. The van der Waals surface area contributed by atoms with Crippen molar-refractivity contribution in [3.05, 3.63) is 48.7 Å². The van der Waals surface area contributed by atoms with Crippen LogP contribution in [0.3, 0.4) is 0 Å². The van der Waals surface area contributed by atoms with Gasteiger partial charge in [-0.25, -0.2) is 0 Å². The highest BCUT2D eigenvalue weighted by Crippen LogP contribution is 2.35. The lowest BCUT2D eigenvalue weighted by Crippen LogP contribution is -2.44. The highest BCUT2D eigenvalue weighted by Gasteiger charge is 2.32. The molecule has 4 unspecified atom stereocenters. The summed E-state index contributed by atoms with van der Waals surface area (Å²) in [5.41, 5.74) is 2.22. The van der Waals surface area contributed by atoms with Gasteiger partial charge in [-0.3, -0.25) is 4.98 Å². The third kappa shape index (κ3) is 3.25. The molecule has 1 aromatic heterocycles. The number of phenolic OH excluding ortho intramolecular Hbond substituents is 1. The molecule has 0 amide bonds. The Morgan fingerprint density at radius 3 is 3.00 bits per heavy atom. The third-order valence-corrected chi connectivity index (χ3v) is 5.31. The van der Waals surface area contributed by atoms with E-state index in [9.17, 15) is 5.11 Å². The minimum absolute atomic E-state index is 0.304. The zero-order chi connectivity index (χ0) is 16.4. The van der Waals surface area contributed by atoms with Gasteiger partial charge >= 0.3 is 0 Å². The summed E-state index contributed by atoms with van der Waals surface area (Å²) in [5.74, 6) is 2.66. The molecule has 2 heterocycles. The van der Waals surface area contributed by atoms with E-state index in [1.165, 1.54) is 5.56 Å². The van der Waals surface area contributed by atoms with Crippen LogP contribution in [0.5, 0.6) is 5.75 Å². The van der Waals surface area contributed by atoms with E-state index in [4.69, 9.17) is 0 Å². The van der Waals surface area contributed by atoms with Crippen molar-refractivity contribution in [3.63, 3.8) is 0 Å². The van der Waals surface area contributed by atoms with Gasteiger partial charge in [0, 0.05) is 18.1 Å². The van der Waals surface area contributed by atoms with Crippen LogP contribution in [-0.2, 0) is 6.42 Å². The molecule has 2 aromatic rings. The van der Waals surface area contributed by atoms with Crippen molar-refractivity contribution in [2.24, 2.45) is 23.7 Å². The van der Waals surface area contributed by atoms with Gasteiger partial charge in [0.15, 0.2) is 0 Å². The van der Waals surface area contributed by atoms with Gasteiger partial charge in [-0.05, 0) is 66.5 Å². The number of nitrogens with zero attached hydrogens (tertiary/aromatic N) is 1. The van der Waals surface area contributed by atoms with Crippen molar-refractivity contribution < 1.29 is 5.11 Å². The molecular weight excluding hydrogens is 284 g/mol. The number of hydrogen-bond acceptors (Lipinski definition) is 3. The normalized spacial score (nSPS) is 26.1. The quantitative estimate of drug-likeness (QED) is 0.845. The summed E-state index contributed by atoms with van der Waals surface area (Å²) in [4.78, 5) is 4.41. The average Bonchev–Trinajstić information content (AvgIpc) is 2.55. The van der Waals surface area contributed by atoms with Crippen molar-refractivity contribution in [2.45, 2.75) is 20.3 Å². The van der Waals surface area contributed by atoms with Crippen LogP contribution in [0.4, 0.5) is 0 Å². The summed E-state index contributed by atoms with van der Waals surface area (Å²) in [6.07, 6.45) is 4.99. The molecule has 0 bridgehead atoms. The first kappa shape index (κ1) is 16.0. The summed E-state index contributed by atoms with van der Waals surface area (Å²) in [7, 11) is 0. The summed E-state index contributed by atoms with van der Waals surface area (Å²) < 4.78 is 0. The summed E-state index contributed by atoms with van der Waals surface area (Å²) in [6.45, 7) is 10.8. The fourth-order valence-corrected chi connectivity index (χ4v) is 4.25. The molecule has 0 aliphatic carbocycles. The largest absolute Gasteiger partial charge is 0.508 e. The maximum absolute atomic E-state index is 9.81. The standard InChI is InChI=1S/C20H26N2O/c1-4-15-12-21-11-14(3)20(15)13(2)9-16-7-8-22-19-6-5-17(23)10-18(16)19/h4-8,10,13-15,20-21,23H,1,9,11-12H2,2-3H3. The van der Waals surface area contributed by atoms with Crippen LogP contribution in [0.1, 0.15) is 19.4 Å². The number of pyridine rings is 1. The van der Waals surface area contributed by atoms with Crippen molar-refractivity contribution >= 4 is 10.9 Å². The Balaban J connectivity index is 1.88. The number of rotatable bonds is 4. The molecule has 3 nitrogen and oxygen atoms in total. The highest BCUT2D eigenvalue weighted by molar-refractivity contribution is 5.83. The number of nitrogens with one attached hydrogen (secondary N) is 1. The molecule has 3 rings (SSSR count). The van der Waals surface area contributed by atoms with Gasteiger partial charge in [-0.2, -0.15) is 0 Å². The van der Waals surface area contributed by atoms with E-state index < -0.39 is 0 Å². The molecule has 0 spiro atoms. The number of fused-ring (bicyclic) bond motifs is 1. The predicted molar refractivity (Wildman–Crippen MR) is 95.5 cm³/mol. The first-order chi connectivity index (χ1) is 11.1. The first-order valence-electron chi connectivity index (χ1n) is 8.50. The van der Waals surface area contributed by atoms with E-state index in [0.717, 1.165) is 30.4 Å². The van der Waals surface area contributed by atoms with Gasteiger partial charge in [0.1, 0.15) is 5.75 Å². The fourth-order valence-electron chi connectivity index (χ4n) is 4.25. The van der Waals surface area contributed by atoms with Crippen LogP contribution < -0.4 is 5.32 Å². The van der Waals surface area contributed by atoms with Gasteiger partial charge in [0.05, 0.1) is 5.52 Å². The van der Waals surface area contributed by atoms with Crippen molar-refractivity contribution in [1.29, 1.82) is 0 Å². The highest BCUT2D eigenvalue weighted by atomic mass is 16.3. The van der Waals surface area contributed by atoms with Gasteiger partial charge in [0.25, 0.3) is 0 Å². The molecular formula is C20H26N2O. The lowest BCUT2D eigenvalue weighted by molar-refractivity contribution is 0.151. The molecule has 1 aliphatic rings. The molecule has 1 aliphatic heterocycles. The summed E-state index contributed by atoms with van der Waals surface area (Å²) in [6, 6.07) is 7.51. The van der Waals surface area contributed by atoms with Crippen molar-refractivity contribution in [3.8, 4) is 5.75 Å². The molecule has 0 saturated carbocycles. The van der Waals surface area contributed by atoms with E-state index in [-0.39, 0.29) is 0 Å². The Kier molecular flexibility index (Phi) is 4.67. The van der Waals surface area contributed by atoms with E-state index in [2.05, 4.69) is 42.9 Å². The fraction of sp³-hybridized carbons (Fsp3) is 0.450. The summed E-state index contributed by atoms with van der Waals surface area (Å²) >= 11 is 0. The molecule has 122 valence electrons. The van der Waals surface area contributed by atoms with Crippen LogP contribution in [0.25, 0.3) is 10.9 Å². The second-order valence-corrected chi connectivity index (χ2v) is 6.97. The van der Waals surface area contributed by atoms with Crippen LogP contribution in [0.15, 0.2) is 43.1 Å². The second-order valence-electron chi connectivity index (χ2n) is 6.97. The third-order valence-electron chi connectivity index (χ3n) is 5.31. The average molecular weight is 310 g/mol. The van der Waals surface area contributed by atoms with Crippen molar-refractivity contribution in [2.75, 3.05) is 13.1 Å². The molecule has 2 N–H and O–H groups in total. The molecule has 23 heavy (non-hydrogen) atoms. The molecule has 1 saturated heterocycles. The Morgan fingerprint density at radius 2 is 2.22 bits per heavy atom. The SMILES string of the molecule is C=CC1CNCC(C)C1C(C)Cc1ccnc2ccc(O)cc12. The topological polar surface area (TPSA) is 45.2 Å². The number of aromatic nitrogens is 1. The first-order valence-corrected chi connectivity index (χ1v) is 8.50. The molecule has 0 radical (unpaired) electrons. The van der Waals surface area contributed by atoms with Gasteiger partial charge < -0.3 is 10.4 Å². The minimum Gasteiger partial charge on any atom is -0.508 e. The monoisotopic (exact) mass is 310 g/mol. The van der Waals surface area contributed by atoms with Crippen LogP contribution >= 0.6 is 0 Å². The molecule has 1 aromatic carbocycles. The Morgan fingerprint density at radius 1 is 1.39 bits per heavy atom. The molecule has 4 atom stereocenters. The number of phenols is 1. The van der Waals surface area contributed by atoms with E-state index >= 15 is 0 Å². The molecule has 3 heteroatoms. The van der Waals surface area contributed by atoms with Gasteiger partial charge in [-0.1, -0.05) is 19.9 Å². The van der Waals surface area contributed by atoms with E-state index in [1.807, 2.05) is 18.3 Å². The van der Waals surface area contributed by atoms with Gasteiger partial charge in [0.2, 0.25) is 0 Å². The van der Waals surface area contributed by atoms with Gasteiger partial charge in [-0.15, -0.1) is 6.58 Å². The zero-order valence-corrected chi connectivity index (χ0v) is 14.0. The lowest BCUT2D eigenvalue weighted by atomic mass is 9.70. The smallest absolute Gasteiger partial charge is 0.116 e. The number of benzene rings is 1. The molecule has 1 fully saturated rings. The van der Waals surface area contributed by atoms with Crippen LogP contribution in [0, 0.1) is 23.7 Å². The number of hydrogen-bond donors (Lipinski definition) is 2. The Bertz CT molecular complexity index is 697. The maximum Gasteiger partial charge on any atom is 0.116 e. The Labute approximate surface area is 138 Å². The van der Waals surface area contributed by atoms with Crippen LogP contribution in [-0.4, -0.2) is 23.2 Å². The predicted octanol–water partition coefficient (Wildman–Crippen LogP) is 3.78. The number of aromatic hydroxyl groups is 1. The lowest BCUT2D eigenvalue weighted by Gasteiger charge is -2.39. The Hall–Kier alpha value is -1.87. The van der Waals surface area contributed by atoms with E-state index in [0.29, 0.717) is 29.4 Å². The van der Waals surface area contributed by atoms with Crippen LogP contribution in [0.2, 0.25) is 0 Å². The minimum atomic E-state index is 0.304. The second kappa shape index (κ2) is 6.71. The zero-order valence-electron chi connectivity index (χ0n) is 14.0. The summed E-state index contributed by atoms with van der Waals surface area (Å²) in [5, 5.41) is 14.4. The van der Waals surface area contributed by atoms with Crippen molar-refractivity contribution in [1.82, 2.24) is 10.3 Å². The number of piperidine rings is 1. The van der Waals surface area contributed by atoms with E-state index in [1.54, 1.807) is 6.07 Å².